The summed E-state index contributed by atoms with van der Waals surface area (Å²) in [5, 5.41) is 1.63. The van der Waals surface area contributed by atoms with Crippen molar-refractivity contribution in [1.82, 2.24) is 14.3 Å². The van der Waals surface area contributed by atoms with E-state index < -0.39 is 21.5 Å². The Balaban J connectivity index is 1.39. The molecule has 0 bridgehead atoms. The van der Waals surface area contributed by atoms with Crippen molar-refractivity contribution < 1.29 is 17.9 Å². The van der Waals surface area contributed by atoms with Gasteiger partial charge in [-0.1, -0.05) is 12.1 Å². The molecule has 2 saturated heterocycles. The van der Waals surface area contributed by atoms with Crippen molar-refractivity contribution in [3.05, 3.63) is 46.8 Å². The van der Waals surface area contributed by atoms with Crippen molar-refractivity contribution in [3.63, 3.8) is 0 Å². The number of piperidine rings is 1. The summed E-state index contributed by atoms with van der Waals surface area (Å²) in [4.78, 5) is 23.7. The SMILES string of the molecule is COC(=O)c1sccc1S(=O)(=O)N1CCCC12CCN(c1cnc3ccccc3n1)CC2. The maximum atomic E-state index is 13.6. The number of sulfonamides is 1. The van der Waals surface area contributed by atoms with Crippen LogP contribution < -0.4 is 4.90 Å². The van der Waals surface area contributed by atoms with E-state index in [0.29, 0.717) is 32.5 Å². The molecule has 0 N–H and O–H groups in total. The molecule has 3 aromatic rings. The highest BCUT2D eigenvalue weighted by Crippen LogP contribution is 2.43. The Hall–Kier alpha value is -2.56. The zero-order valence-corrected chi connectivity index (χ0v) is 19.4. The van der Waals surface area contributed by atoms with Crippen LogP contribution in [-0.4, -0.2) is 60.9 Å². The number of rotatable bonds is 4. The summed E-state index contributed by atoms with van der Waals surface area (Å²) in [7, 11) is -2.54. The van der Waals surface area contributed by atoms with Crippen molar-refractivity contribution in [2.45, 2.75) is 36.1 Å². The molecule has 1 aromatic carbocycles. The van der Waals surface area contributed by atoms with E-state index in [9.17, 15) is 13.2 Å². The fourth-order valence-electron chi connectivity index (χ4n) is 4.90. The van der Waals surface area contributed by atoms with Gasteiger partial charge in [0.25, 0.3) is 0 Å². The molecule has 2 aliphatic rings. The number of esters is 1. The van der Waals surface area contributed by atoms with Gasteiger partial charge in [0, 0.05) is 25.2 Å². The first-order valence-corrected chi connectivity index (χ1v) is 12.9. The number of fused-ring (bicyclic) bond motifs is 1. The van der Waals surface area contributed by atoms with Gasteiger partial charge in [0.2, 0.25) is 10.0 Å². The first kappa shape index (κ1) is 21.3. The molecule has 5 rings (SSSR count). The lowest BCUT2D eigenvalue weighted by Gasteiger charge is -2.44. The van der Waals surface area contributed by atoms with Gasteiger partial charge in [0.15, 0.2) is 0 Å². The maximum absolute atomic E-state index is 13.6. The molecule has 0 saturated carbocycles. The fraction of sp³-hybridized carbons (Fsp3) is 0.409. The number of aromatic nitrogens is 2. The number of anilines is 1. The Bertz CT molecular complexity index is 1270. The second-order valence-electron chi connectivity index (χ2n) is 8.21. The van der Waals surface area contributed by atoms with E-state index in [1.165, 1.54) is 13.2 Å². The Labute approximate surface area is 190 Å². The van der Waals surface area contributed by atoms with Gasteiger partial charge in [-0.2, -0.15) is 4.31 Å². The number of benzene rings is 1. The number of nitrogens with zero attached hydrogens (tertiary/aromatic N) is 4. The molecule has 0 aliphatic carbocycles. The van der Waals surface area contributed by atoms with Gasteiger partial charge in [-0.25, -0.2) is 18.2 Å². The summed E-state index contributed by atoms with van der Waals surface area (Å²) in [5.74, 6) is 0.202. The Morgan fingerprint density at radius 2 is 1.84 bits per heavy atom. The lowest BCUT2D eigenvalue weighted by molar-refractivity contribution is 0.0602. The molecule has 2 fully saturated rings. The van der Waals surface area contributed by atoms with Crippen LogP contribution in [0.5, 0.6) is 0 Å². The van der Waals surface area contributed by atoms with E-state index in [-0.39, 0.29) is 9.77 Å². The number of hydrogen-bond acceptors (Lipinski definition) is 8. The molecule has 0 radical (unpaired) electrons. The van der Waals surface area contributed by atoms with Crippen LogP contribution in [0.1, 0.15) is 35.4 Å². The van der Waals surface area contributed by atoms with Crippen molar-refractivity contribution in [2.75, 3.05) is 31.6 Å². The van der Waals surface area contributed by atoms with E-state index in [1.807, 2.05) is 24.3 Å². The van der Waals surface area contributed by atoms with Crippen molar-refractivity contribution >= 4 is 44.2 Å². The average molecular weight is 473 g/mol. The lowest BCUT2D eigenvalue weighted by Crippen LogP contribution is -2.54. The van der Waals surface area contributed by atoms with E-state index >= 15 is 0 Å². The molecule has 10 heteroatoms. The monoisotopic (exact) mass is 472 g/mol. The van der Waals surface area contributed by atoms with Gasteiger partial charge < -0.3 is 9.64 Å². The fourth-order valence-corrected chi connectivity index (χ4v) is 8.10. The van der Waals surface area contributed by atoms with Crippen molar-refractivity contribution in [1.29, 1.82) is 0 Å². The zero-order chi connectivity index (χ0) is 22.3. The number of methoxy groups -OCH3 is 1. The van der Waals surface area contributed by atoms with Gasteiger partial charge in [-0.3, -0.25) is 4.98 Å². The van der Waals surface area contributed by atoms with Crippen LogP contribution in [0.25, 0.3) is 11.0 Å². The second kappa shape index (κ2) is 8.09. The van der Waals surface area contributed by atoms with Crippen LogP contribution in [0.4, 0.5) is 5.82 Å². The minimum Gasteiger partial charge on any atom is -0.465 e. The molecule has 0 atom stereocenters. The second-order valence-corrected chi connectivity index (χ2v) is 11.0. The topological polar surface area (TPSA) is 92.7 Å². The third-order valence-corrected chi connectivity index (χ3v) is 9.62. The van der Waals surface area contributed by atoms with Crippen LogP contribution in [-0.2, 0) is 14.8 Å². The molecule has 8 nitrogen and oxygen atoms in total. The number of thiophene rings is 1. The largest absolute Gasteiger partial charge is 0.465 e. The number of hydrogen-bond donors (Lipinski definition) is 0. The third-order valence-electron chi connectivity index (χ3n) is 6.55. The quantitative estimate of drug-likeness (QED) is 0.538. The average Bonchev–Trinajstić information content (AvgIpc) is 3.47. The molecule has 168 valence electrons. The smallest absolute Gasteiger partial charge is 0.349 e. The molecule has 4 heterocycles. The van der Waals surface area contributed by atoms with Crippen LogP contribution in [0, 0.1) is 0 Å². The van der Waals surface area contributed by atoms with Crippen LogP contribution in [0.15, 0.2) is 46.8 Å². The van der Waals surface area contributed by atoms with E-state index in [0.717, 1.165) is 41.0 Å². The molecule has 0 unspecified atom stereocenters. The van der Waals surface area contributed by atoms with Crippen molar-refractivity contribution in [2.24, 2.45) is 0 Å². The van der Waals surface area contributed by atoms with Crippen molar-refractivity contribution in [3.8, 4) is 0 Å². The molecule has 1 spiro atoms. The highest BCUT2D eigenvalue weighted by molar-refractivity contribution is 7.89. The standard InChI is InChI=1S/C22H24N4O4S2/c1-30-21(27)20-18(7-14-31-20)32(28,29)26-11-4-8-22(26)9-12-25(13-10-22)19-15-23-16-5-2-3-6-17(16)24-19/h2-3,5-7,14-15H,4,8-13H2,1H3. The van der Waals surface area contributed by atoms with Crippen LogP contribution in [0.2, 0.25) is 0 Å². The van der Waals surface area contributed by atoms with Crippen LogP contribution in [0.3, 0.4) is 0 Å². The Morgan fingerprint density at radius 1 is 1.09 bits per heavy atom. The third kappa shape index (κ3) is 3.46. The number of ether oxygens (including phenoxy) is 1. The molecule has 32 heavy (non-hydrogen) atoms. The summed E-state index contributed by atoms with van der Waals surface area (Å²) in [6, 6.07) is 9.28. The Kier molecular flexibility index (Phi) is 5.39. The number of carbonyl (C=O) groups excluding carboxylic acids is 1. The first-order chi connectivity index (χ1) is 15.4. The van der Waals surface area contributed by atoms with E-state index in [4.69, 9.17) is 9.72 Å². The summed E-state index contributed by atoms with van der Waals surface area (Å²) in [5.41, 5.74) is 1.27. The van der Waals surface area contributed by atoms with Gasteiger partial charge in [0.1, 0.15) is 15.6 Å². The van der Waals surface area contributed by atoms with Gasteiger partial charge in [-0.15, -0.1) is 11.3 Å². The molecular formula is C22H24N4O4S2. The highest BCUT2D eigenvalue weighted by atomic mass is 32.2. The minimum atomic E-state index is -3.80. The van der Waals surface area contributed by atoms with E-state index in [1.54, 1.807) is 15.9 Å². The minimum absolute atomic E-state index is 0.0541. The summed E-state index contributed by atoms with van der Waals surface area (Å²) in [6.45, 7) is 1.87. The van der Waals surface area contributed by atoms with Gasteiger partial charge in [-0.05, 0) is 49.3 Å². The predicted octanol–water partition coefficient (Wildman–Crippen LogP) is 3.30. The predicted molar refractivity (Wildman–Crippen MR) is 123 cm³/mol. The summed E-state index contributed by atoms with van der Waals surface area (Å²) >= 11 is 1.10. The molecule has 0 amide bonds. The van der Waals surface area contributed by atoms with E-state index in [2.05, 4.69) is 9.88 Å². The molecule has 2 aliphatic heterocycles. The first-order valence-electron chi connectivity index (χ1n) is 10.6. The summed E-state index contributed by atoms with van der Waals surface area (Å²) < 4.78 is 33.6. The summed E-state index contributed by atoms with van der Waals surface area (Å²) in [6.07, 6.45) is 4.84. The zero-order valence-electron chi connectivity index (χ0n) is 17.7. The normalized spacial score (nSPS) is 19.0. The van der Waals surface area contributed by atoms with Crippen LogP contribution >= 0.6 is 11.3 Å². The maximum Gasteiger partial charge on any atom is 0.349 e. The lowest BCUT2D eigenvalue weighted by atomic mass is 9.86. The molecular weight excluding hydrogens is 448 g/mol. The highest BCUT2D eigenvalue weighted by Gasteiger charge is 2.50. The number of para-hydroxylation sites is 2. The molecule has 2 aromatic heterocycles. The van der Waals surface area contributed by atoms with Gasteiger partial charge >= 0.3 is 5.97 Å². The van der Waals surface area contributed by atoms with Gasteiger partial charge in [0.05, 0.1) is 24.3 Å². The number of carbonyl (C=O) groups is 1. The Morgan fingerprint density at radius 3 is 2.59 bits per heavy atom.